The maximum Gasteiger partial charge on any atom is 0.334 e. The van der Waals surface area contributed by atoms with Crippen molar-refractivity contribution in [1.82, 2.24) is 0 Å². The van der Waals surface area contributed by atoms with Crippen LogP contribution < -0.4 is 9.47 Å². The van der Waals surface area contributed by atoms with Gasteiger partial charge in [-0.2, -0.15) is 0 Å². The summed E-state index contributed by atoms with van der Waals surface area (Å²) >= 11 is 0. The third-order valence-electron chi connectivity index (χ3n) is 3.09. The van der Waals surface area contributed by atoms with E-state index in [1.54, 1.807) is 6.92 Å². The average Bonchev–Trinajstić information content (AvgIpc) is 2.87. The molecule has 0 aliphatic carbocycles. The van der Waals surface area contributed by atoms with E-state index in [2.05, 4.69) is 0 Å². The number of nitrogens with zero attached hydrogens (tertiary/aromatic N) is 1. The van der Waals surface area contributed by atoms with E-state index >= 15 is 0 Å². The standard InChI is InChI=1S/C15H17NO6/c1-3-20-13-8-11(7-10-5-6-22-15(10)17)12(16(18)19)9-14(13)21-4-2/h7-9H,3-6H2,1-2H3/b10-7-. The van der Waals surface area contributed by atoms with E-state index in [9.17, 15) is 14.9 Å². The molecule has 1 heterocycles. The van der Waals surface area contributed by atoms with Gasteiger partial charge in [0.15, 0.2) is 11.5 Å². The van der Waals surface area contributed by atoms with Crippen LogP contribution in [0.15, 0.2) is 17.7 Å². The molecule has 7 heteroatoms. The van der Waals surface area contributed by atoms with E-state index in [4.69, 9.17) is 14.2 Å². The van der Waals surface area contributed by atoms with Crippen LogP contribution in [0.25, 0.3) is 6.08 Å². The van der Waals surface area contributed by atoms with Crippen molar-refractivity contribution in [3.8, 4) is 11.5 Å². The summed E-state index contributed by atoms with van der Waals surface area (Å²) in [6.45, 7) is 4.66. The molecule has 0 bridgehead atoms. The molecule has 2 rings (SSSR count). The Morgan fingerprint density at radius 1 is 1.27 bits per heavy atom. The van der Waals surface area contributed by atoms with E-state index in [1.807, 2.05) is 6.92 Å². The molecular weight excluding hydrogens is 290 g/mol. The molecule has 7 nitrogen and oxygen atoms in total. The third-order valence-corrected chi connectivity index (χ3v) is 3.09. The molecular formula is C15H17NO6. The molecule has 0 atom stereocenters. The fourth-order valence-corrected chi connectivity index (χ4v) is 2.14. The van der Waals surface area contributed by atoms with Crippen molar-refractivity contribution in [2.75, 3.05) is 19.8 Å². The van der Waals surface area contributed by atoms with E-state index < -0.39 is 10.9 Å². The monoisotopic (exact) mass is 307 g/mol. The van der Waals surface area contributed by atoms with Gasteiger partial charge in [-0.1, -0.05) is 0 Å². The van der Waals surface area contributed by atoms with Gasteiger partial charge in [0.05, 0.1) is 36.4 Å². The van der Waals surface area contributed by atoms with Gasteiger partial charge in [-0.3, -0.25) is 10.1 Å². The summed E-state index contributed by atoms with van der Waals surface area (Å²) < 4.78 is 15.7. The number of carbonyl (C=O) groups excluding carboxylic acids is 1. The number of carbonyl (C=O) groups is 1. The Bertz CT molecular complexity index is 623. The Morgan fingerprint density at radius 2 is 1.91 bits per heavy atom. The minimum atomic E-state index is -0.509. The van der Waals surface area contributed by atoms with Gasteiger partial charge in [-0.05, 0) is 26.0 Å². The van der Waals surface area contributed by atoms with E-state index in [1.165, 1.54) is 18.2 Å². The van der Waals surface area contributed by atoms with Gasteiger partial charge in [0.2, 0.25) is 0 Å². The number of hydrogen-bond donors (Lipinski definition) is 0. The van der Waals surface area contributed by atoms with Crippen LogP contribution in [0, 0.1) is 10.1 Å². The van der Waals surface area contributed by atoms with Crippen LogP contribution in [0.2, 0.25) is 0 Å². The van der Waals surface area contributed by atoms with Crippen molar-refractivity contribution in [3.05, 3.63) is 33.4 Å². The maximum absolute atomic E-state index is 11.5. The summed E-state index contributed by atoms with van der Waals surface area (Å²) in [5, 5.41) is 11.3. The lowest BCUT2D eigenvalue weighted by Crippen LogP contribution is -2.02. The Balaban J connectivity index is 2.52. The smallest absolute Gasteiger partial charge is 0.334 e. The highest BCUT2D eigenvalue weighted by Crippen LogP contribution is 2.36. The van der Waals surface area contributed by atoms with Crippen LogP contribution in [0.4, 0.5) is 5.69 Å². The van der Waals surface area contributed by atoms with Crippen molar-refractivity contribution >= 4 is 17.7 Å². The lowest BCUT2D eigenvalue weighted by atomic mass is 10.1. The molecule has 0 N–H and O–H groups in total. The van der Waals surface area contributed by atoms with Gasteiger partial charge >= 0.3 is 5.97 Å². The molecule has 0 amide bonds. The molecule has 0 saturated carbocycles. The predicted molar refractivity (Wildman–Crippen MR) is 79.0 cm³/mol. The second-order valence-electron chi connectivity index (χ2n) is 4.54. The topological polar surface area (TPSA) is 87.9 Å². The third kappa shape index (κ3) is 3.36. The normalized spacial score (nSPS) is 15.7. The van der Waals surface area contributed by atoms with Crippen LogP contribution in [0.1, 0.15) is 25.8 Å². The zero-order valence-corrected chi connectivity index (χ0v) is 12.5. The van der Waals surface area contributed by atoms with Crippen LogP contribution in [0.5, 0.6) is 11.5 Å². The van der Waals surface area contributed by atoms with E-state index in [0.717, 1.165) is 0 Å². The van der Waals surface area contributed by atoms with Gasteiger partial charge < -0.3 is 14.2 Å². The molecule has 22 heavy (non-hydrogen) atoms. The predicted octanol–water partition coefficient (Wildman–Crippen LogP) is 2.72. The fraction of sp³-hybridized carbons (Fsp3) is 0.400. The number of benzene rings is 1. The van der Waals surface area contributed by atoms with Crippen LogP contribution >= 0.6 is 0 Å². The number of cyclic esters (lactones) is 1. The first kappa shape index (κ1) is 15.8. The van der Waals surface area contributed by atoms with Crippen LogP contribution in [-0.4, -0.2) is 30.7 Å². The van der Waals surface area contributed by atoms with Crippen molar-refractivity contribution < 1.29 is 23.9 Å². The summed E-state index contributed by atoms with van der Waals surface area (Å²) in [7, 11) is 0. The largest absolute Gasteiger partial charge is 0.490 e. The Morgan fingerprint density at radius 3 is 2.41 bits per heavy atom. The minimum Gasteiger partial charge on any atom is -0.490 e. The molecule has 118 valence electrons. The zero-order chi connectivity index (χ0) is 16.1. The van der Waals surface area contributed by atoms with Gasteiger partial charge in [-0.15, -0.1) is 0 Å². The quantitative estimate of drug-likeness (QED) is 0.347. The van der Waals surface area contributed by atoms with Crippen molar-refractivity contribution in [1.29, 1.82) is 0 Å². The van der Waals surface area contributed by atoms with Gasteiger partial charge in [0.25, 0.3) is 5.69 Å². The van der Waals surface area contributed by atoms with Crippen LogP contribution in [0.3, 0.4) is 0 Å². The minimum absolute atomic E-state index is 0.140. The average molecular weight is 307 g/mol. The van der Waals surface area contributed by atoms with Crippen molar-refractivity contribution in [2.24, 2.45) is 0 Å². The molecule has 1 aliphatic heterocycles. The lowest BCUT2D eigenvalue weighted by Gasteiger charge is -2.12. The molecule has 1 fully saturated rings. The molecule has 1 aromatic carbocycles. The molecule has 1 aromatic rings. The number of nitro benzene ring substituents is 1. The highest BCUT2D eigenvalue weighted by Gasteiger charge is 2.23. The summed E-state index contributed by atoms with van der Waals surface area (Å²) in [4.78, 5) is 22.3. The number of rotatable bonds is 6. The Kier molecular flexibility index (Phi) is 4.98. The number of nitro groups is 1. The maximum atomic E-state index is 11.5. The molecule has 0 spiro atoms. The summed E-state index contributed by atoms with van der Waals surface area (Å²) in [5.41, 5.74) is 0.569. The van der Waals surface area contributed by atoms with Crippen LogP contribution in [-0.2, 0) is 9.53 Å². The second-order valence-corrected chi connectivity index (χ2v) is 4.54. The Hall–Kier alpha value is -2.57. The van der Waals surface area contributed by atoms with E-state index in [-0.39, 0.29) is 5.69 Å². The van der Waals surface area contributed by atoms with E-state index in [0.29, 0.717) is 48.9 Å². The highest BCUT2D eigenvalue weighted by molar-refractivity contribution is 5.96. The van der Waals surface area contributed by atoms with Gasteiger partial charge in [-0.25, -0.2) is 4.79 Å². The number of esters is 1. The highest BCUT2D eigenvalue weighted by atomic mass is 16.6. The lowest BCUT2D eigenvalue weighted by molar-refractivity contribution is -0.385. The first-order chi connectivity index (χ1) is 10.6. The summed E-state index contributed by atoms with van der Waals surface area (Å²) in [6.07, 6.45) is 1.92. The molecule has 1 aliphatic rings. The molecule has 0 radical (unpaired) electrons. The first-order valence-corrected chi connectivity index (χ1v) is 7.02. The van der Waals surface area contributed by atoms with Gasteiger partial charge in [0, 0.05) is 12.0 Å². The summed E-state index contributed by atoms with van der Waals surface area (Å²) in [6, 6.07) is 2.84. The second kappa shape index (κ2) is 6.93. The number of hydrogen-bond acceptors (Lipinski definition) is 6. The van der Waals surface area contributed by atoms with Crippen molar-refractivity contribution in [2.45, 2.75) is 20.3 Å². The molecule has 0 unspecified atom stereocenters. The SMILES string of the molecule is CCOc1cc(/C=C2/CCOC2=O)c([N+](=O)[O-])cc1OCC. The Labute approximate surface area is 127 Å². The zero-order valence-electron chi connectivity index (χ0n) is 12.5. The van der Waals surface area contributed by atoms with Crippen molar-refractivity contribution in [3.63, 3.8) is 0 Å². The van der Waals surface area contributed by atoms with Gasteiger partial charge in [0.1, 0.15) is 0 Å². The first-order valence-electron chi connectivity index (χ1n) is 7.02. The molecule has 0 aromatic heterocycles. The molecule has 1 saturated heterocycles. The fourth-order valence-electron chi connectivity index (χ4n) is 2.14. The summed E-state index contributed by atoms with van der Waals surface area (Å²) in [5.74, 6) is 0.279. The number of ether oxygens (including phenoxy) is 3.